The molecule has 2 atom stereocenters. The lowest BCUT2D eigenvalue weighted by Gasteiger charge is -2.20. The van der Waals surface area contributed by atoms with E-state index in [0.29, 0.717) is 12.8 Å². The summed E-state index contributed by atoms with van der Waals surface area (Å²) < 4.78 is 0. The van der Waals surface area contributed by atoms with Crippen molar-refractivity contribution in [1.29, 1.82) is 0 Å². The molecule has 2 unspecified atom stereocenters. The molecule has 0 spiro atoms. The summed E-state index contributed by atoms with van der Waals surface area (Å²) in [5, 5.41) is 9.99. The smallest absolute Gasteiger partial charge is 0.265 e. The number of aryl methyl sites for hydroxylation is 1. The Morgan fingerprint density at radius 2 is 1.83 bits per heavy atom. The lowest BCUT2D eigenvalue weighted by molar-refractivity contribution is -0.135. The molecule has 0 saturated heterocycles. The number of oxime groups is 1. The average Bonchev–Trinajstić information content (AvgIpc) is 3.40. The summed E-state index contributed by atoms with van der Waals surface area (Å²) in [4.78, 5) is 30.9. The van der Waals surface area contributed by atoms with Crippen LogP contribution in [-0.4, -0.2) is 35.7 Å². The SMILES string of the molecule is Cc1ccccc1C1=NOC(C(=O)NC(Cc2ccccc2)C(=O)NC2CC2)C1. The lowest BCUT2D eigenvalue weighted by atomic mass is 9.99. The van der Waals surface area contributed by atoms with Gasteiger partial charge in [0.1, 0.15) is 6.04 Å². The second kappa shape index (κ2) is 8.47. The minimum atomic E-state index is -0.725. The Morgan fingerprint density at radius 1 is 1.10 bits per heavy atom. The van der Waals surface area contributed by atoms with Crippen LogP contribution in [0.25, 0.3) is 0 Å². The van der Waals surface area contributed by atoms with E-state index in [1.165, 1.54) is 0 Å². The maximum absolute atomic E-state index is 12.8. The van der Waals surface area contributed by atoms with E-state index in [1.807, 2.05) is 61.5 Å². The molecule has 4 rings (SSSR count). The molecule has 2 amide bonds. The van der Waals surface area contributed by atoms with Crippen molar-refractivity contribution in [1.82, 2.24) is 10.6 Å². The molecule has 2 aromatic rings. The van der Waals surface area contributed by atoms with Crippen LogP contribution >= 0.6 is 0 Å². The molecule has 2 aromatic carbocycles. The average molecular weight is 391 g/mol. The van der Waals surface area contributed by atoms with Crippen LogP contribution in [0, 0.1) is 6.92 Å². The van der Waals surface area contributed by atoms with Crippen molar-refractivity contribution >= 4 is 17.5 Å². The summed E-state index contributed by atoms with van der Waals surface area (Å²) >= 11 is 0. The molecule has 2 N–H and O–H groups in total. The Morgan fingerprint density at radius 3 is 2.55 bits per heavy atom. The zero-order valence-electron chi connectivity index (χ0n) is 16.4. The summed E-state index contributed by atoms with van der Waals surface area (Å²) in [7, 11) is 0. The molecule has 0 radical (unpaired) electrons. The van der Waals surface area contributed by atoms with Gasteiger partial charge in [0.15, 0.2) is 0 Å². The van der Waals surface area contributed by atoms with Gasteiger partial charge in [-0.05, 0) is 30.9 Å². The number of carbonyl (C=O) groups excluding carboxylic acids is 2. The van der Waals surface area contributed by atoms with Gasteiger partial charge in [0, 0.05) is 24.4 Å². The van der Waals surface area contributed by atoms with Gasteiger partial charge in [-0.2, -0.15) is 0 Å². The largest absolute Gasteiger partial charge is 0.382 e. The zero-order valence-corrected chi connectivity index (χ0v) is 16.4. The first kappa shape index (κ1) is 19.2. The van der Waals surface area contributed by atoms with Gasteiger partial charge in [-0.15, -0.1) is 0 Å². The normalized spacial score (nSPS) is 19.1. The van der Waals surface area contributed by atoms with Crippen molar-refractivity contribution in [3.8, 4) is 0 Å². The number of nitrogens with zero attached hydrogens (tertiary/aromatic N) is 1. The predicted octanol–water partition coefficient (Wildman–Crippen LogP) is 2.49. The third-order valence-electron chi connectivity index (χ3n) is 5.26. The van der Waals surface area contributed by atoms with Crippen LogP contribution in [0.5, 0.6) is 0 Å². The van der Waals surface area contributed by atoms with Crippen molar-refractivity contribution in [2.75, 3.05) is 0 Å². The third-order valence-corrected chi connectivity index (χ3v) is 5.26. The van der Waals surface area contributed by atoms with Gasteiger partial charge in [-0.25, -0.2) is 0 Å². The highest BCUT2D eigenvalue weighted by molar-refractivity contribution is 6.05. The van der Waals surface area contributed by atoms with E-state index in [-0.39, 0.29) is 17.9 Å². The summed E-state index contributed by atoms with van der Waals surface area (Å²) in [5.41, 5.74) is 3.81. The Kier molecular flexibility index (Phi) is 5.60. The molecule has 6 nitrogen and oxygen atoms in total. The Balaban J connectivity index is 1.41. The van der Waals surface area contributed by atoms with Gasteiger partial charge in [0.25, 0.3) is 5.91 Å². The molecule has 150 valence electrons. The number of benzene rings is 2. The van der Waals surface area contributed by atoms with E-state index in [2.05, 4.69) is 15.8 Å². The first-order valence-electron chi connectivity index (χ1n) is 10.0. The van der Waals surface area contributed by atoms with Crippen LogP contribution in [-0.2, 0) is 20.8 Å². The van der Waals surface area contributed by atoms with Gasteiger partial charge in [0.05, 0.1) is 5.71 Å². The van der Waals surface area contributed by atoms with Crippen LogP contribution in [0.4, 0.5) is 0 Å². The summed E-state index contributed by atoms with van der Waals surface area (Å²) in [6.45, 7) is 2.00. The maximum atomic E-state index is 12.8. The molecule has 0 bridgehead atoms. The fourth-order valence-corrected chi connectivity index (χ4v) is 3.43. The highest BCUT2D eigenvalue weighted by atomic mass is 16.6. The van der Waals surface area contributed by atoms with Gasteiger partial charge in [0.2, 0.25) is 12.0 Å². The molecular formula is C23H25N3O3. The molecule has 0 aromatic heterocycles. The molecule has 1 aliphatic heterocycles. The van der Waals surface area contributed by atoms with Crippen molar-refractivity contribution in [2.24, 2.45) is 5.16 Å². The quantitative estimate of drug-likeness (QED) is 0.761. The van der Waals surface area contributed by atoms with E-state index in [9.17, 15) is 9.59 Å². The highest BCUT2D eigenvalue weighted by Gasteiger charge is 2.34. The number of hydrogen-bond donors (Lipinski definition) is 2. The fraction of sp³-hybridized carbons (Fsp3) is 0.348. The van der Waals surface area contributed by atoms with Crippen molar-refractivity contribution < 1.29 is 14.4 Å². The molecule has 1 heterocycles. The monoisotopic (exact) mass is 391 g/mol. The molecule has 1 aliphatic carbocycles. The highest BCUT2D eigenvalue weighted by Crippen LogP contribution is 2.21. The first-order chi connectivity index (χ1) is 14.1. The Hall–Kier alpha value is -3.15. The first-order valence-corrected chi connectivity index (χ1v) is 10.0. The minimum Gasteiger partial charge on any atom is -0.382 e. The van der Waals surface area contributed by atoms with Crippen LogP contribution in [0.2, 0.25) is 0 Å². The van der Waals surface area contributed by atoms with E-state index >= 15 is 0 Å². The van der Waals surface area contributed by atoms with Gasteiger partial charge >= 0.3 is 0 Å². The summed E-state index contributed by atoms with van der Waals surface area (Å²) in [6, 6.07) is 17.2. The van der Waals surface area contributed by atoms with E-state index in [0.717, 1.165) is 35.2 Å². The van der Waals surface area contributed by atoms with Gasteiger partial charge < -0.3 is 15.5 Å². The Labute approximate surface area is 170 Å². The van der Waals surface area contributed by atoms with E-state index in [4.69, 9.17) is 4.84 Å². The van der Waals surface area contributed by atoms with Crippen molar-refractivity contribution in [2.45, 2.75) is 50.8 Å². The van der Waals surface area contributed by atoms with Crippen molar-refractivity contribution in [3.63, 3.8) is 0 Å². The topological polar surface area (TPSA) is 79.8 Å². The standard InChI is InChI=1S/C23H25N3O3/c1-15-7-5-6-10-18(15)19-14-21(29-26-19)23(28)25-20(22(27)24-17-11-12-17)13-16-8-3-2-4-9-16/h2-10,17,20-21H,11-14H2,1H3,(H,24,27)(H,25,28). The zero-order chi connectivity index (χ0) is 20.2. The van der Waals surface area contributed by atoms with Crippen LogP contribution in [0.1, 0.15) is 36.0 Å². The van der Waals surface area contributed by atoms with E-state index < -0.39 is 12.1 Å². The van der Waals surface area contributed by atoms with Crippen LogP contribution in [0.15, 0.2) is 59.8 Å². The summed E-state index contributed by atoms with van der Waals surface area (Å²) in [5.74, 6) is -0.466. The molecule has 6 heteroatoms. The second-order valence-corrected chi connectivity index (χ2v) is 7.68. The van der Waals surface area contributed by atoms with Crippen molar-refractivity contribution in [3.05, 3.63) is 71.3 Å². The number of nitrogens with one attached hydrogen (secondary N) is 2. The van der Waals surface area contributed by atoms with Gasteiger partial charge in [-0.1, -0.05) is 59.8 Å². The molecule has 29 heavy (non-hydrogen) atoms. The van der Waals surface area contributed by atoms with Gasteiger partial charge in [-0.3, -0.25) is 9.59 Å². The molecular weight excluding hydrogens is 366 g/mol. The number of carbonyl (C=O) groups is 2. The Bertz CT molecular complexity index is 922. The van der Waals surface area contributed by atoms with E-state index in [1.54, 1.807) is 0 Å². The number of amides is 2. The second-order valence-electron chi connectivity index (χ2n) is 7.68. The predicted molar refractivity (Wildman–Crippen MR) is 110 cm³/mol. The fourth-order valence-electron chi connectivity index (χ4n) is 3.43. The number of hydrogen-bond acceptors (Lipinski definition) is 4. The summed E-state index contributed by atoms with van der Waals surface area (Å²) in [6.07, 6.45) is 2.09. The third kappa shape index (κ3) is 4.83. The minimum absolute atomic E-state index is 0.150. The maximum Gasteiger partial charge on any atom is 0.265 e. The molecule has 1 saturated carbocycles. The molecule has 1 fully saturated rings. The number of rotatable bonds is 7. The van der Waals surface area contributed by atoms with Crippen LogP contribution in [0.3, 0.4) is 0 Å². The lowest BCUT2D eigenvalue weighted by Crippen LogP contribution is -2.51. The molecule has 2 aliphatic rings. The van der Waals surface area contributed by atoms with Crippen LogP contribution < -0.4 is 10.6 Å².